The maximum Gasteiger partial charge on any atom is 0.338 e. The van der Waals surface area contributed by atoms with Crippen molar-refractivity contribution in [2.75, 3.05) is 6.61 Å². The fourth-order valence-electron chi connectivity index (χ4n) is 2.83. The van der Waals surface area contributed by atoms with E-state index in [0.29, 0.717) is 0 Å². The Labute approximate surface area is 161 Å². The van der Waals surface area contributed by atoms with E-state index in [4.69, 9.17) is 9.47 Å². The van der Waals surface area contributed by atoms with Crippen molar-refractivity contribution in [2.45, 2.75) is 23.9 Å². The molecule has 28 heavy (non-hydrogen) atoms. The van der Waals surface area contributed by atoms with Crippen LogP contribution >= 0.6 is 0 Å². The molecule has 7 nitrogen and oxygen atoms in total. The molecule has 146 valence electrons. The molecule has 1 aliphatic rings. The molecular weight excluding hydrogens is 364 g/mol. The standard InChI is InChI=1S/C21H20O7/c22-17-12-11-16(28-20(25)15-9-5-2-6-10-15)18(23)21(17,26)13-27-19(24)14-7-3-1-4-8-14/h1-12,16-18,22-23,26H,13H2/t16-,17-,18-,21-/m0/s1. The number of hydrogen-bond acceptors (Lipinski definition) is 7. The van der Waals surface area contributed by atoms with E-state index in [1.165, 1.54) is 24.3 Å². The first kappa shape index (κ1) is 19.8. The number of ether oxygens (including phenoxy) is 2. The predicted octanol–water partition coefficient (Wildman–Crippen LogP) is 1.09. The normalized spacial score (nSPS) is 26.5. The predicted molar refractivity (Wildman–Crippen MR) is 98.5 cm³/mol. The third kappa shape index (κ3) is 4.12. The molecule has 0 bridgehead atoms. The highest BCUT2D eigenvalue weighted by Gasteiger charge is 2.50. The van der Waals surface area contributed by atoms with Gasteiger partial charge in [-0.3, -0.25) is 0 Å². The van der Waals surface area contributed by atoms with Crippen LogP contribution in [0.1, 0.15) is 20.7 Å². The van der Waals surface area contributed by atoms with Gasteiger partial charge < -0.3 is 24.8 Å². The number of esters is 2. The summed E-state index contributed by atoms with van der Waals surface area (Å²) in [6.45, 7) is -0.688. The van der Waals surface area contributed by atoms with Crippen molar-refractivity contribution >= 4 is 11.9 Å². The van der Waals surface area contributed by atoms with Crippen LogP contribution in [0.15, 0.2) is 72.8 Å². The number of aliphatic hydroxyl groups excluding tert-OH is 2. The van der Waals surface area contributed by atoms with Crippen LogP contribution in [0.2, 0.25) is 0 Å². The molecule has 3 N–H and O–H groups in total. The van der Waals surface area contributed by atoms with Crippen LogP contribution < -0.4 is 0 Å². The minimum atomic E-state index is -2.24. The molecule has 0 radical (unpaired) electrons. The Morgan fingerprint density at radius 3 is 1.96 bits per heavy atom. The minimum Gasteiger partial charge on any atom is -0.459 e. The lowest BCUT2D eigenvalue weighted by atomic mass is 9.83. The van der Waals surface area contributed by atoms with Crippen LogP contribution in [-0.2, 0) is 9.47 Å². The van der Waals surface area contributed by atoms with Crippen LogP contribution in [0, 0.1) is 0 Å². The van der Waals surface area contributed by atoms with Gasteiger partial charge in [0.2, 0.25) is 0 Å². The number of hydrogen-bond donors (Lipinski definition) is 3. The summed E-state index contributed by atoms with van der Waals surface area (Å²) in [6, 6.07) is 16.2. The van der Waals surface area contributed by atoms with E-state index in [1.807, 2.05) is 0 Å². The Morgan fingerprint density at radius 2 is 1.39 bits per heavy atom. The van der Waals surface area contributed by atoms with E-state index in [2.05, 4.69) is 0 Å². The van der Waals surface area contributed by atoms with Crippen molar-refractivity contribution in [3.8, 4) is 0 Å². The molecule has 0 aliphatic heterocycles. The van der Waals surface area contributed by atoms with Gasteiger partial charge in [0.15, 0.2) is 5.60 Å². The van der Waals surface area contributed by atoms with Crippen molar-refractivity contribution in [3.05, 3.63) is 83.9 Å². The highest BCUT2D eigenvalue weighted by Crippen LogP contribution is 2.28. The molecule has 2 aromatic rings. The second-order valence-corrected chi connectivity index (χ2v) is 6.44. The summed E-state index contributed by atoms with van der Waals surface area (Å²) in [5.41, 5.74) is -1.71. The van der Waals surface area contributed by atoms with Gasteiger partial charge in [0.1, 0.15) is 24.9 Å². The van der Waals surface area contributed by atoms with E-state index >= 15 is 0 Å². The van der Waals surface area contributed by atoms with Gasteiger partial charge in [-0.25, -0.2) is 9.59 Å². The molecule has 0 saturated carbocycles. The monoisotopic (exact) mass is 384 g/mol. The van der Waals surface area contributed by atoms with Gasteiger partial charge in [0.25, 0.3) is 0 Å². The van der Waals surface area contributed by atoms with E-state index in [1.54, 1.807) is 48.5 Å². The lowest BCUT2D eigenvalue weighted by Gasteiger charge is -2.40. The molecule has 4 atom stereocenters. The molecule has 7 heteroatoms. The van der Waals surface area contributed by atoms with Crippen LogP contribution in [-0.4, -0.2) is 57.8 Å². The Balaban J connectivity index is 1.69. The van der Waals surface area contributed by atoms with Crippen molar-refractivity contribution in [1.82, 2.24) is 0 Å². The topological polar surface area (TPSA) is 113 Å². The summed E-state index contributed by atoms with van der Waals surface area (Å²) in [4.78, 5) is 24.3. The molecule has 3 rings (SSSR count). The maximum atomic E-state index is 12.2. The van der Waals surface area contributed by atoms with Gasteiger partial charge in [-0.2, -0.15) is 0 Å². The van der Waals surface area contributed by atoms with E-state index < -0.39 is 42.5 Å². The SMILES string of the molecule is O=C(OC[C@]1(O)[C@@H](O)C=C[C@H](OC(=O)c2ccccc2)[C@@H]1O)c1ccccc1. The fourth-order valence-corrected chi connectivity index (χ4v) is 2.83. The lowest BCUT2D eigenvalue weighted by molar-refractivity contribution is -0.183. The van der Waals surface area contributed by atoms with Crippen molar-refractivity contribution in [1.29, 1.82) is 0 Å². The van der Waals surface area contributed by atoms with Crippen LogP contribution in [0.4, 0.5) is 0 Å². The van der Waals surface area contributed by atoms with Crippen molar-refractivity contribution in [3.63, 3.8) is 0 Å². The molecule has 2 aromatic carbocycles. The third-order valence-electron chi connectivity index (χ3n) is 4.52. The highest BCUT2D eigenvalue weighted by atomic mass is 16.6. The molecule has 0 aromatic heterocycles. The molecule has 0 spiro atoms. The first-order valence-electron chi connectivity index (χ1n) is 8.67. The number of carbonyl (C=O) groups excluding carboxylic acids is 2. The molecule has 0 unspecified atom stereocenters. The third-order valence-corrected chi connectivity index (χ3v) is 4.52. The summed E-state index contributed by atoms with van der Waals surface area (Å²) >= 11 is 0. The average molecular weight is 384 g/mol. The summed E-state index contributed by atoms with van der Waals surface area (Å²) in [6.07, 6.45) is -1.98. The van der Waals surface area contributed by atoms with Gasteiger partial charge in [-0.1, -0.05) is 42.5 Å². The first-order chi connectivity index (χ1) is 13.4. The summed E-state index contributed by atoms with van der Waals surface area (Å²) < 4.78 is 10.3. The second kappa shape index (κ2) is 8.35. The zero-order valence-electron chi connectivity index (χ0n) is 14.8. The highest BCUT2D eigenvalue weighted by molar-refractivity contribution is 5.90. The van der Waals surface area contributed by atoms with Crippen molar-refractivity contribution < 1.29 is 34.4 Å². The first-order valence-corrected chi connectivity index (χ1v) is 8.67. The van der Waals surface area contributed by atoms with Gasteiger partial charge in [0.05, 0.1) is 11.1 Å². The van der Waals surface area contributed by atoms with Gasteiger partial charge >= 0.3 is 11.9 Å². The Hall–Kier alpha value is -3.00. The number of benzene rings is 2. The largest absolute Gasteiger partial charge is 0.459 e. The molecular formula is C21H20O7. The number of rotatable bonds is 5. The number of carbonyl (C=O) groups is 2. The molecule has 0 fully saturated rings. The summed E-state index contributed by atoms with van der Waals surface area (Å²) in [7, 11) is 0. The maximum absolute atomic E-state index is 12.2. The molecule has 0 amide bonds. The average Bonchev–Trinajstić information content (AvgIpc) is 2.74. The quantitative estimate of drug-likeness (QED) is 0.522. The molecule has 0 heterocycles. The fraction of sp³-hybridized carbons (Fsp3) is 0.238. The Morgan fingerprint density at radius 1 is 0.857 bits per heavy atom. The van der Waals surface area contributed by atoms with Crippen LogP contribution in [0.3, 0.4) is 0 Å². The van der Waals surface area contributed by atoms with Gasteiger partial charge in [-0.05, 0) is 30.3 Å². The van der Waals surface area contributed by atoms with Crippen LogP contribution in [0.25, 0.3) is 0 Å². The zero-order valence-corrected chi connectivity index (χ0v) is 14.8. The molecule has 0 saturated heterocycles. The van der Waals surface area contributed by atoms with Gasteiger partial charge in [0, 0.05) is 0 Å². The zero-order chi connectivity index (χ0) is 20.1. The van der Waals surface area contributed by atoms with E-state index in [0.717, 1.165) is 0 Å². The van der Waals surface area contributed by atoms with E-state index in [-0.39, 0.29) is 11.1 Å². The Bertz CT molecular complexity index is 850. The summed E-state index contributed by atoms with van der Waals surface area (Å²) in [5.74, 6) is -1.42. The minimum absolute atomic E-state index is 0.258. The summed E-state index contributed by atoms with van der Waals surface area (Å²) in [5, 5.41) is 31.4. The van der Waals surface area contributed by atoms with Gasteiger partial charge in [-0.15, -0.1) is 0 Å². The Kier molecular flexibility index (Phi) is 5.89. The lowest BCUT2D eigenvalue weighted by Crippen LogP contribution is -2.61. The smallest absolute Gasteiger partial charge is 0.338 e. The molecule has 1 aliphatic carbocycles. The second-order valence-electron chi connectivity index (χ2n) is 6.44. The number of aliphatic hydroxyl groups is 3. The van der Waals surface area contributed by atoms with Crippen LogP contribution in [0.5, 0.6) is 0 Å². The van der Waals surface area contributed by atoms with E-state index in [9.17, 15) is 24.9 Å². The van der Waals surface area contributed by atoms with Crippen molar-refractivity contribution in [2.24, 2.45) is 0 Å².